The summed E-state index contributed by atoms with van der Waals surface area (Å²) in [5.41, 5.74) is 5.63. The molecule has 0 saturated heterocycles. The smallest absolute Gasteiger partial charge is 0.149 e. The molecule has 4 nitrogen and oxygen atoms in total. The van der Waals surface area contributed by atoms with Crippen LogP contribution >= 0.6 is 0 Å². The summed E-state index contributed by atoms with van der Waals surface area (Å²) in [7, 11) is 0. The molecular weight excluding hydrogens is 164 g/mol. The third-order valence-corrected chi connectivity index (χ3v) is 2.04. The summed E-state index contributed by atoms with van der Waals surface area (Å²) in [4.78, 5) is 4.21. The summed E-state index contributed by atoms with van der Waals surface area (Å²) in [6.07, 6.45) is 2.57. The van der Waals surface area contributed by atoms with E-state index in [0.29, 0.717) is 11.9 Å². The maximum Gasteiger partial charge on any atom is 0.149 e. The van der Waals surface area contributed by atoms with Gasteiger partial charge in [-0.25, -0.2) is 9.99 Å². The lowest BCUT2D eigenvalue weighted by molar-refractivity contribution is 0.713. The molecule has 2 heterocycles. The fraction of sp³-hybridized carbons (Fsp3) is 0.333. The number of pyridine rings is 1. The van der Waals surface area contributed by atoms with Crippen molar-refractivity contribution in [3.63, 3.8) is 0 Å². The van der Waals surface area contributed by atoms with Gasteiger partial charge in [0.15, 0.2) is 0 Å². The van der Waals surface area contributed by atoms with Crippen LogP contribution in [0.15, 0.2) is 29.5 Å². The first-order valence-corrected chi connectivity index (χ1v) is 4.30. The molecule has 1 aromatic heterocycles. The molecule has 0 aromatic carbocycles. The third kappa shape index (κ3) is 1.47. The molecule has 0 bridgehead atoms. The van der Waals surface area contributed by atoms with Gasteiger partial charge in [-0.05, 0) is 19.1 Å². The van der Waals surface area contributed by atoms with Gasteiger partial charge in [0.2, 0.25) is 0 Å². The minimum Gasteiger partial charge on any atom is -0.386 e. The van der Waals surface area contributed by atoms with Crippen molar-refractivity contribution in [1.82, 2.24) is 4.98 Å². The van der Waals surface area contributed by atoms with Crippen molar-refractivity contribution in [2.24, 2.45) is 10.8 Å². The van der Waals surface area contributed by atoms with Gasteiger partial charge in [0.1, 0.15) is 11.7 Å². The molecular formula is C9H12N4. The van der Waals surface area contributed by atoms with Gasteiger partial charge in [-0.15, -0.1) is 0 Å². The quantitative estimate of drug-likeness (QED) is 0.693. The van der Waals surface area contributed by atoms with Crippen molar-refractivity contribution in [2.75, 3.05) is 5.01 Å². The molecule has 0 aliphatic carbocycles. The third-order valence-electron chi connectivity index (χ3n) is 2.04. The zero-order valence-corrected chi connectivity index (χ0v) is 7.51. The zero-order chi connectivity index (χ0) is 9.26. The lowest BCUT2D eigenvalue weighted by Gasteiger charge is -2.17. The number of anilines is 1. The molecule has 1 aliphatic rings. The SMILES string of the molecule is C[C@@H]1CC(N)=NN1c1ccccn1. The maximum atomic E-state index is 5.63. The summed E-state index contributed by atoms with van der Waals surface area (Å²) in [5.74, 6) is 1.54. The molecule has 0 fully saturated rings. The Balaban J connectivity index is 2.27. The molecule has 2 N–H and O–H groups in total. The van der Waals surface area contributed by atoms with E-state index in [1.54, 1.807) is 6.20 Å². The van der Waals surface area contributed by atoms with E-state index in [1.807, 2.05) is 23.2 Å². The van der Waals surface area contributed by atoms with Gasteiger partial charge in [-0.2, -0.15) is 5.10 Å². The van der Waals surface area contributed by atoms with Crippen molar-refractivity contribution in [3.05, 3.63) is 24.4 Å². The first kappa shape index (κ1) is 8.04. The van der Waals surface area contributed by atoms with Crippen molar-refractivity contribution >= 4 is 11.7 Å². The van der Waals surface area contributed by atoms with Crippen LogP contribution in [0.5, 0.6) is 0 Å². The van der Waals surface area contributed by atoms with Gasteiger partial charge in [-0.3, -0.25) is 0 Å². The first-order chi connectivity index (χ1) is 6.27. The molecule has 0 amide bonds. The van der Waals surface area contributed by atoms with Gasteiger partial charge in [0.05, 0.1) is 6.04 Å². The topological polar surface area (TPSA) is 54.5 Å². The predicted molar refractivity (Wildman–Crippen MR) is 52.4 cm³/mol. The second kappa shape index (κ2) is 3.05. The summed E-state index contributed by atoms with van der Waals surface area (Å²) >= 11 is 0. The fourth-order valence-electron chi connectivity index (χ4n) is 1.43. The van der Waals surface area contributed by atoms with Gasteiger partial charge in [0, 0.05) is 12.6 Å². The zero-order valence-electron chi connectivity index (χ0n) is 7.51. The lowest BCUT2D eigenvalue weighted by atomic mass is 10.2. The van der Waals surface area contributed by atoms with Crippen LogP contribution in [0.3, 0.4) is 0 Å². The van der Waals surface area contributed by atoms with E-state index in [1.165, 1.54) is 0 Å². The fourth-order valence-corrected chi connectivity index (χ4v) is 1.43. The molecule has 1 atom stereocenters. The Bertz CT molecular complexity index is 320. The number of hydrogen-bond donors (Lipinski definition) is 1. The highest BCUT2D eigenvalue weighted by Gasteiger charge is 2.22. The number of hydrogen-bond acceptors (Lipinski definition) is 4. The van der Waals surface area contributed by atoms with Crippen molar-refractivity contribution < 1.29 is 0 Å². The van der Waals surface area contributed by atoms with E-state index in [9.17, 15) is 0 Å². The number of nitrogens with two attached hydrogens (primary N) is 1. The molecule has 0 saturated carbocycles. The molecule has 2 rings (SSSR count). The Morgan fingerprint density at radius 3 is 2.92 bits per heavy atom. The molecule has 1 aromatic rings. The van der Waals surface area contributed by atoms with Crippen LogP contribution in [0.1, 0.15) is 13.3 Å². The first-order valence-electron chi connectivity index (χ1n) is 4.30. The van der Waals surface area contributed by atoms with Crippen LogP contribution < -0.4 is 10.7 Å². The number of aromatic nitrogens is 1. The molecule has 0 unspecified atom stereocenters. The summed E-state index contributed by atoms with van der Waals surface area (Å²) in [5, 5.41) is 6.06. The van der Waals surface area contributed by atoms with Crippen LogP contribution in [0.25, 0.3) is 0 Å². The Morgan fingerprint density at radius 1 is 1.54 bits per heavy atom. The highest BCUT2D eigenvalue weighted by atomic mass is 15.5. The number of amidine groups is 1. The molecule has 4 heteroatoms. The monoisotopic (exact) mass is 176 g/mol. The highest BCUT2D eigenvalue weighted by molar-refractivity contribution is 5.84. The summed E-state index contributed by atoms with van der Waals surface area (Å²) in [6.45, 7) is 2.08. The van der Waals surface area contributed by atoms with E-state index in [4.69, 9.17) is 5.73 Å². The van der Waals surface area contributed by atoms with Gasteiger partial charge in [-0.1, -0.05) is 6.07 Å². The van der Waals surface area contributed by atoms with E-state index in [2.05, 4.69) is 17.0 Å². The van der Waals surface area contributed by atoms with Crippen molar-refractivity contribution in [2.45, 2.75) is 19.4 Å². The molecule has 1 aliphatic heterocycles. The standard InChI is InChI=1S/C9H12N4/c1-7-6-8(10)12-13(7)9-4-2-3-5-11-9/h2-5,7H,6H2,1H3,(H2,10,12)/t7-/m1/s1. The van der Waals surface area contributed by atoms with E-state index >= 15 is 0 Å². The second-order valence-electron chi connectivity index (χ2n) is 3.18. The minimum absolute atomic E-state index is 0.315. The van der Waals surface area contributed by atoms with Crippen LogP contribution in [-0.2, 0) is 0 Å². The summed E-state index contributed by atoms with van der Waals surface area (Å²) in [6, 6.07) is 6.07. The molecule has 0 spiro atoms. The van der Waals surface area contributed by atoms with Crippen molar-refractivity contribution in [3.8, 4) is 0 Å². The Hall–Kier alpha value is -1.58. The summed E-state index contributed by atoms with van der Waals surface area (Å²) < 4.78 is 0. The highest BCUT2D eigenvalue weighted by Crippen LogP contribution is 2.19. The minimum atomic E-state index is 0.315. The second-order valence-corrected chi connectivity index (χ2v) is 3.18. The number of hydrazone groups is 1. The predicted octanol–water partition coefficient (Wildman–Crippen LogP) is 0.952. The average Bonchev–Trinajstić information content (AvgIpc) is 2.47. The van der Waals surface area contributed by atoms with Crippen LogP contribution in [0.2, 0.25) is 0 Å². The maximum absolute atomic E-state index is 5.63. The van der Waals surface area contributed by atoms with Gasteiger partial charge < -0.3 is 5.73 Å². The Kier molecular flexibility index (Phi) is 1.88. The van der Waals surface area contributed by atoms with Crippen molar-refractivity contribution in [1.29, 1.82) is 0 Å². The van der Waals surface area contributed by atoms with Crippen LogP contribution in [-0.4, -0.2) is 16.9 Å². The Morgan fingerprint density at radius 2 is 2.38 bits per heavy atom. The molecule has 68 valence electrons. The Labute approximate surface area is 77.1 Å². The van der Waals surface area contributed by atoms with E-state index in [-0.39, 0.29) is 0 Å². The van der Waals surface area contributed by atoms with Gasteiger partial charge >= 0.3 is 0 Å². The largest absolute Gasteiger partial charge is 0.386 e. The number of rotatable bonds is 1. The van der Waals surface area contributed by atoms with Gasteiger partial charge in [0.25, 0.3) is 0 Å². The normalized spacial score (nSPS) is 21.8. The number of nitrogens with zero attached hydrogens (tertiary/aromatic N) is 3. The average molecular weight is 176 g/mol. The van der Waals surface area contributed by atoms with E-state index < -0.39 is 0 Å². The lowest BCUT2D eigenvalue weighted by Crippen LogP contribution is -2.23. The molecule has 0 radical (unpaired) electrons. The van der Waals surface area contributed by atoms with Crippen LogP contribution in [0, 0.1) is 0 Å². The van der Waals surface area contributed by atoms with E-state index in [0.717, 1.165) is 12.2 Å². The molecule has 13 heavy (non-hydrogen) atoms. The van der Waals surface area contributed by atoms with Crippen LogP contribution in [0.4, 0.5) is 5.82 Å².